The highest BCUT2D eigenvalue weighted by molar-refractivity contribution is 8.75. The summed E-state index contributed by atoms with van der Waals surface area (Å²) in [5, 5.41) is 52.0. The predicted octanol–water partition coefficient (Wildman–Crippen LogP) is 4.54. The third-order valence-corrected chi connectivity index (χ3v) is 7.63. The van der Waals surface area contributed by atoms with Crippen molar-refractivity contribution < 1.29 is 30.3 Å². The molecule has 0 radical (unpaired) electrons. The van der Waals surface area contributed by atoms with Crippen molar-refractivity contribution in [2.45, 2.75) is 63.7 Å². The highest BCUT2D eigenvalue weighted by Crippen LogP contribution is 2.54. The van der Waals surface area contributed by atoms with Crippen LogP contribution in [-0.2, 0) is 10.2 Å². The van der Waals surface area contributed by atoms with E-state index >= 15 is 0 Å². The van der Waals surface area contributed by atoms with Gasteiger partial charge in [-0.15, -0.1) is 0 Å². The molecule has 0 aliphatic carbocycles. The van der Waals surface area contributed by atoms with Crippen LogP contribution in [0.15, 0.2) is 12.1 Å². The maximum absolute atomic E-state index is 12.6. The van der Waals surface area contributed by atoms with E-state index in [1.807, 2.05) is 0 Å². The lowest BCUT2D eigenvalue weighted by Crippen LogP contribution is -2.37. The van der Waals surface area contributed by atoms with E-state index in [1.165, 1.54) is 18.6 Å². The maximum Gasteiger partial charge on any atom is 0.319 e. The quantitative estimate of drug-likeness (QED) is 0.283. The monoisotopic (exact) mass is 442 g/mol. The number of aromatic nitrogens is 2. The van der Waals surface area contributed by atoms with Gasteiger partial charge in [0.25, 0.3) is 0 Å². The average Bonchev–Trinajstić information content (AvgIpc) is 3.12. The fourth-order valence-corrected chi connectivity index (χ4v) is 5.89. The fraction of sp³-hybridized carbons (Fsp3) is 0.526. The Hall–Kier alpha value is -2.07. The number of nitrogens with zero attached hydrogens (tertiary/aromatic N) is 2. The maximum atomic E-state index is 12.6. The molecule has 1 aliphatic rings. The van der Waals surface area contributed by atoms with Crippen molar-refractivity contribution in [2.24, 2.45) is 0 Å². The molecule has 1 aliphatic heterocycles. The van der Waals surface area contributed by atoms with Gasteiger partial charge >= 0.3 is 5.97 Å². The number of aliphatic carboxylic acids is 1. The van der Waals surface area contributed by atoms with Crippen molar-refractivity contribution in [3.05, 3.63) is 23.3 Å². The van der Waals surface area contributed by atoms with E-state index in [9.17, 15) is 30.3 Å². The van der Waals surface area contributed by atoms with Gasteiger partial charge in [-0.2, -0.15) is 0 Å². The SMILES string of the molecule is CCCCCCCCCC1(C(=O)O)c2cc(O)n(c2O)SSn2c(O)cc1c2O. The van der Waals surface area contributed by atoms with Gasteiger partial charge in [-0.3, -0.25) is 4.79 Å². The van der Waals surface area contributed by atoms with Gasteiger partial charge < -0.3 is 25.5 Å². The molecule has 4 bridgehead atoms. The minimum Gasteiger partial charge on any atom is -0.494 e. The van der Waals surface area contributed by atoms with Crippen LogP contribution in [-0.4, -0.2) is 39.4 Å². The van der Waals surface area contributed by atoms with Crippen LogP contribution >= 0.6 is 22.0 Å². The number of hydrogen-bond acceptors (Lipinski definition) is 7. The van der Waals surface area contributed by atoms with Crippen LogP contribution in [0.4, 0.5) is 0 Å². The largest absolute Gasteiger partial charge is 0.494 e. The summed E-state index contributed by atoms with van der Waals surface area (Å²) >= 11 is 0. The summed E-state index contributed by atoms with van der Waals surface area (Å²) in [5.74, 6) is -2.63. The van der Waals surface area contributed by atoms with Crippen molar-refractivity contribution in [1.82, 2.24) is 7.94 Å². The molecule has 3 rings (SSSR count). The molecule has 8 nitrogen and oxygen atoms in total. The first kappa shape index (κ1) is 21.6. The Labute approximate surface area is 176 Å². The number of carbonyl (C=O) groups is 1. The average molecular weight is 443 g/mol. The lowest BCUT2D eigenvalue weighted by Gasteiger charge is -2.28. The minimum absolute atomic E-state index is 0.00377. The molecule has 0 saturated carbocycles. The summed E-state index contributed by atoms with van der Waals surface area (Å²) in [6, 6.07) is 2.44. The molecule has 29 heavy (non-hydrogen) atoms. The van der Waals surface area contributed by atoms with Crippen LogP contribution in [0.25, 0.3) is 0 Å². The lowest BCUT2D eigenvalue weighted by molar-refractivity contribution is -0.142. The molecule has 0 fully saturated rings. The Kier molecular flexibility index (Phi) is 6.52. The van der Waals surface area contributed by atoms with Crippen LogP contribution < -0.4 is 0 Å². The molecule has 5 N–H and O–H groups in total. The van der Waals surface area contributed by atoms with Crippen LogP contribution in [0.3, 0.4) is 0 Å². The molecule has 0 aromatic carbocycles. The molecule has 2 aromatic rings. The van der Waals surface area contributed by atoms with Crippen LogP contribution in [0.2, 0.25) is 0 Å². The number of carboxylic acid groups (broad SMARTS) is 1. The molecule has 0 amide bonds. The zero-order valence-electron chi connectivity index (χ0n) is 16.2. The number of carboxylic acids is 1. The van der Waals surface area contributed by atoms with E-state index in [0.717, 1.165) is 62.0 Å². The summed E-state index contributed by atoms with van der Waals surface area (Å²) < 4.78 is 2.15. The summed E-state index contributed by atoms with van der Waals surface area (Å²) in [4.78, 5) is 12.6. The first-order valence-corrected chi connectivity index (χ1v) is 11.8. The standard InChI is InChI=1S/C19H26N2O6S2/c1-2-3-4-5-6-7-8-9-19(18(26)27)12-10-14(22)20(16(12)24)28-29-21-15(23)11-13(19)17(21)25/h10-11,22-25H,2-9H2,1H3,(H,26,27). The molecule has 0 atom stereocenters. The van der Waals surface area contributed by atoms with E-state index < -0.39 is 11.4 Å². The van der Waals surface area contributed by atoms with Crippen molar-refractivity contribution in [1.29, 1.82) is 0 Å². The summed E-state index contributed by atoms with van der Waals surface area (Å²) in [7, 11) is 1.70. The third kappa shape index (κ3) is 3.75. The smallest absolute Gasteiger partial charge is 0.319 e. The number of aromatic hydroxyl groups is 4. The summed E-state index contributed by atoms with van der Waals surface area (Å²) in [5.41, 5.74) is -1.80. The van der Waals surface area contributed by atoms with Crippen molar-refractivity contribution in [3.63, 3.8) is 0 Å². The first-order chi connectivity index (χ1) is 13.8. The molecule has 0 unspecified atom stereocenters. The van der Waals surface area contributed by atoms with Crippen LogP contribution in [0.5, 0.6) is 23.5 Å². The highest BCUT2D eigenvalue weighted by Gasteiger charge is 2.49. The van der Waals surface area contributed by atoms with Gasteiger partial charge in [0.15, 0.2) is 0 Å². The number of rotatable bonds is 9. The predicted molar refractivity (Wildman–Crippen MR) is 113 cm³/mol. The normalized spacial score (nSPS) is 14.9. The molecule has 10 heteroatoms. The van der Waals surface area contributed by atoms with Crippen molar-refractivity contribution in [2.75, 3.05) is 0 Å². The van der Waals surface area contributed by atoms with Crippen LogP contribution in [0, 0.1) is 0 Å². The zero-order valence-corrected chi connectivity index (χ0v) is 17.8. The van der Waals surface area contributed by atoms with Gasteiger partial charge in [0.1, 0.15) is 5.41 Å². The van der Waals surface area contributed by atoms with Crippen molar-refractivity contribution in [3.8, 4) is 23.5 Å². The second-order valence-corrected chi connectivity index (χ2v) is 9.22. The Bertz CT molecular complexity index is 838. The Morgan fingerprint density at radius 3 is 1.76 bits per heavy atom. The molecule has 160 valence electrons. The Balaban J connectivity index is 1.99. The Morgan fingerprint density at radius 2 is 1.31 bits per heavy atom. The van der Waals surface area contributed by atoms with E-state index in [-0.39, 0.29) is 41.1 Å². The van der Waals surface area contributed by atoms with E-state index in [4.69, 9.17) is 0 Å². The molecular weight excluding hydrogens is 416 g/mol. The lowest BCUT2D eigenvalue weighted by atomic mass is 9.72. The van der Waals surface area contributed by atoms with Gasteiger partial charge in [-0.25, -0.2) is 7.94 Å². The molecule has 0 spiro atoms. The first-order valence-electron chi connectivity index (χ1n) is 9.71. The van der Waals surface area contributed by atoms with Crippen LogP contribution in [0.1, 0.15) is 69.4 Å². The topological polar surface area (TPSA) is 128 Å². The molecule has 3 heterocycles. The second kappa shape index (κ2) is 8.74. The number of hydrogen-bond donors (Lipinski definition) is 5. The van der Waals surface area contributed by atoms with Gasteiger partial charge in [-0.1, -0.05) is 51.9 Å². The van der Waals surface area contributed by atoms with E-state index in [0.29, 0.717) is 6.42 Å². The third-order valence-electron chi connectivity index (χ3n) is 5.45. The summed E-state index contributed by atoms with van der Waals surface area (Å²) in [6.45, 7) is 2.15. The Morgan fingerprint density at radius 1 is 0.862 bits per heavy atom. The molecular formula is C19H26N2O6S2. The van der Waals surface area contributed by atoms with Gasteiger partial charge in [0.2, 0.25) is 23.5 Å². The highest BCUT2D eigenvalue weighted by atomic mass is 33.1. The van der Waals surface area contributed by atoms with E-state index in [1.54, 1.807) is 0 Å². The van der Waals surface area contributed by atoms with E-state index in [2.05, 4.69) is 6.92 Å². The van der Waals surface area contributed by atoms with Crippen molar-refractivity contribution >= 4 is 27.9 Å². The second-order valence-electron chi connectivity index (χ2n) is 7.30. The summed E-state index contributed by atoms with van der Waals surface area (Å²) in [6.07, 6.45) is 6.99. The number of unbranched alkanes of at least 4 members (excludes halogenated alkanes) is 6. The van der Waals surface area contributed by atoms with Gasteiger partial charge in [0.05, 0.1) is 22.0 Å². The zero-order chi connectivity index (χ0) is 21.2. The molecule has 0 saturated heterocycles. The minimum atomic E-state index is -1.80. The van der Waals surface area contributed by atoms with Gasteiger partial charge in [-0.05, 0) is 6.42 Å². The fourth-order valence-electron chi connectivity index (χ4n) is 3.88. The number of fused-ring (bicyclic) bond motifs is 4. The molecule has 2 aromatic heterocycles. The van der Waals surface area contributed by atoms with Gasteiger partial charge in [0, 0.05) is 23.3 Å².